The van der Waals surface area contributed by atoms with Gasteiger partial charge in [-0.05, 0) is 42.4 Å². The van der Waals surface area contributed by atoms with Gasteiger partial charge in [-0.1, -0.05) is 54.6 Å². The number of fused-ring (bicyclic) bond motifs is 2. The van der Waals surface area contributed by atoms with E-state index in [1.807, 2.05) is 30.3 Å². The predicted octanol–water partition coefficient (Wildman–Crippen LogP) is 3.61. The fraction of sp³-hybridized carbons (Fsp3) is 0.364. The number of carboxylic acid groups (broad SMARTS) is 1. The summed E-state index contributed by atoms with van der Waals surface area (Å²) in [5, 5.41) is 12.2. The van der Waals surface area contributed by atoms with Crippen LogP contribution in [0.15, 0.2) is 54.6 Å². The molecule has 3 unspecified atom stereocenters. The van der Waals surface area contributed by atoms with Crippen molar-refractivity contribution in [2.75, 3.05) is 0 Å². The van der Waals surface area contributed by atoms with Crippen LogP contribution in [0, 0.1) is 5.92 Å². The first kappa shape index (κ1) is 16.8. The number of aliphatic carboxylic acids is 1. The van der Waals surface area contributed by atoms with Gasteiger partial charge in [-0.3, -0.25) is 9.59 Å². The Kier molecular flexibility index (Phi) is 4.27. The van der Waals surface area contributed by atoms with Gasteiger partial charge in [0.05, 0.1) is 6.04 Å². The van der Waals surface area contributed by atoms with E-state index in [0.29, 0.717) is 6.42 Å². The van der Waals surface area contributed by atoms with Gasteiger partial charge in [-0.25, -0.2) is 0 Å². The normalized spacial score (nSPS) is 24.1. The zero-order valence-electron chi connectivity index (χ0n) is 14.7. The van der Waals surface area contributed by atoms with Crippen molar-refractivity contribution in [3.05, 3.63) is 71.3 Å². The third-order valence-corrected chi connectivity index (χ3v) is 5.95. The van der Waals surface area contributed by atoms with Gasteiger partial charge in [0.1, 0.15) is 0 Å². The van der Waals surface area contributed by atoms with E-state index >= 15 is 0 Å². The highest BCUT2D eigenvalue weighted by atomic mass is 16.4. The summed E-state index contributed by atoms with van der Waals surface area (Å²) in [6.07, 6.45) is 3.42. The van der Waals surface area contributed by atoms with Crippen LogP contribution in [-0.4, -0.2) is 17.0 Å². The lowest BCUT2D eigenvalue weighted by Crippen LogP contribution is -2.32. The highest BCUT2D eigenvalue weighted by molar-refractivity contribution is 5.85. The standard InChI is InChI=1S/C22H23NO3/c24-20(25)11-10-19(16-7-2-1-3-8-16)23-21(26)18-14-22(18)13-12-15-6-4-5-9-17(15)22/h1-9,18-19H,10-14H2,(H,23,26)(H,24,25). The summed E-state index contributed by atoms with van der Waals surface area (Å²) < 4.78 is 0. The minimum absolute atomic E-state index is 0.00203. The summed E-state index contributed by atoms with van der Waals surface area (Å²) in [6.45, 7) is 0. The molecule has 26 heavy (non-hydrogen) atoms. The Morgan fingerprint density at radius 1 is 1.12 bits per heavy atom. The maximum Gasteiger partial charge on any atom is 0.303 e. The fourth-order valence-electron chi connectivity index (χ4n) is 4.49. The van der Waals surface area contributed by atoms with Crippen LogP contribution in [-0.2, 0) is 21.4 Å². The second-order valence-electron chi connectivity index (χ2n) is 7.47. The van der Waals surface area contributed by atoms with Gasteiger partial charge in [-0.15, -0.1) is 0 Å². The van der Waals surface area contributed by atoms with E-state index in [4.69, 9.17) is 5.11 Å². The van der Waals surface area contributed by atoms with Crippen LogP contribution in [0.5, 0.6) is 0 Å². The molecule has 3 atom stereocenters. The van der Waals surface area contributed by atoms with Crippen molar-refractivity contribution in [3.63, 3.8) is 0 Å². The molecule has 134 valence electrons. The molecule has 2 aliphatic carbocycles. The van der Waals surface area contributed by atoms with Crippen molar-refractivity contribution in [2.45, 2.75) is 43.6 Å². The molecule has 1 spiro atoms. The number of rotatable bonds is 6. The van der Waals surface area contributed by atoms with Crippen molar-refractivity contribution in [3.8, 4) is 0 Å². The maximum atomic E-state index is 12.9. The van der Waals surface area contributed by atoms with Gasteiger partial charge >= 0.3 is 5.97 Å². The summed E-state index contributed by atoms with van der Waals surface area (Å²) in [6, 6.07) is 17.8. The first-order valence-electron chi connectivity index (χ1n) is 9.26. The van der Waals surface area contributed by atoms with Crippen molar-refractivity contribution in [1.82, 2.24) is 5.32 Å². The number of carboxylic acids is 1. The quantitative estimate of drug-likeness (QED) is 0.837. The maximum absolute atomic E-state index is 12.9. The molecule has 2 aromatic rings. The molecule has 0 heterocycles. The molecule has 0 radical (unpaired) electrons. The van der Waals surface area contributed by atoms with Crippen LogP contribution in [0.3, 0.4) is 0 Å². The van der Waals surface area contributed by atoms with Gasteiger partial charge < -0.3 is 10.4 Å². The van der Waals surface area contributed by atoms with E-state index in [2.05, 4.69) is 29.6 Å². The molecule has 4 heteroatoms. The van der Waals surface area contributed by atoms with E-state index in [0.717, 1.165) is 24.8 Å². The van der Waals surface area contributed by atoms with Crippen molar-refractivity contribution < 1.29 is 14.7 Å². The molecule has 1 amide bonds. The summed E-state index contributed by atoms with van der Waals surface area (Å²) in [5.74, 6) is -0.782. The number of carbonyl (C=O) groups excluding carboxylic acids is 1. The van der Waals surface area contributed by atoms with Crippen LogP contribution in [0.4, 0.5) is 0 Å². The molecule has 1 fully saturated rings. The Morgan fingerprint density at radius 3 is 2.62 bits per heavy atom. The van der Waals surface area contributed by atoms with E-state index in [1.54, 1.807) is 0 Å². The Labute approximate surface area is 153 Å². The molecule has 0 saturated heterocycles. The van der Waals surface area contributed by atoms with Gasteiger partial charge in [-0.2, -0.15) is 0 Å². The largest absolute Gasteiger partial charge is 0.481 e. The van der Waals surface area contributed by atoms with E-state index in [1.165, 1.54) is 11.1 Å². The van der Waals surface area contributed by atoms with Crippen LogP contribution in [0.25, 0.3) is 0 Å². The molecule has 1 saturated carbocycles. The van der Waals surface area contributed by atoms with E-state index in [9.17, 15) is 9.59 Å². The average molecular weight is 349 g/mol. The molecule has 0 aliphatic heterocycles. The lowest BCUT2D eigenvalue weighted by Gasteiger charge is -2.20. The lowest BCUT2D eigenvalue weighted by atomic mass is 9.94. The first-order valence-corrected chi connectivity index (χ1v) is 9.26. The molecule has 2 N–H and O–H groups in total. The van der Waals surface area contributed by atoms with E-state index in [-0.39, 0.29) is 29.7 Å². The van der Waals surface area contributed by atoms with E-state index < -0.39 is 5.97 Å². The Hall–Kier alpha value is -2.62. The average Bonchev–Trinajstić information content (AvgIpc) is 3.28. The number of benzene rings is 2. The highest BCUT2D eigenvalue weighted by Gasteiger charge is 2.61. The lowest BCUT2D eigenvalue weighted by molar-refractivity contribution is -0.137. The predicted molar refractivity (Wildman–Crippen MR) is 98.7 cm³/mol. The minimum Gasteiger partial charge on any atom is -0.481 e. The summed E-state index contributed by atoms with van der Waals surface area (Å²) in [7, 11) is 0. The number of carbonyl (C=O) groups is 2. The van der Waals surface area contributed by atoms with Gasteiger partial charge in [0.25, 0.3) is 0 Å². The van der Waals surface area contributed by atoms with Crippen LogP contribution in [0.1, 0.15) is 48.4 Å². The molecule has 0 bridgehead atoms. The third kappa shape index (κ3) is 3.00. The van der Waals surface area contributed by atoms with Crippen molar-refractivity contribution >= 4 is 11.9 Å². The van der Waals surface area contributed by atoms with Crippen molar-refractivity contribution in [2.24, 2.45) is 5.92 Å². The number of amides is 1. The minimum atomic E-state index is -0.840. The van der Waals surface area contributed by atoms with Crippen molar-refractivity contribution in [1.29, 1.82) is 0 Å². The second-order valence-corrected chi connectivity index (χ2v) is 7.47. The first-order chi connectivity index (χ1) is 12.6. The molecular formula is C22H23NO3. The zero-order valence-corrected chi connectivity index (χ0v) is 14.7. The van der Waals surface area contributed by atoms with Crippen LogP contribution >= 0.6 is 0 Å². The number of nitrogens with one attached hydrogen (secondary N) is 1. The second kappa shape index (κ2) is 6.60. The number of hydrogen-bond acceptors (Lipinski definition) is 2. The van der Waals surface area contributed by atoms with Gasteiger partial charge in [0, 0.05) is 17.8 Å². The van der Waals surface area contributed by atoms with Gasteiger partial charge in [0.15, 0.2) is 0 Å². The highest BCUT2D eigenvalue weighted by Crippen LogP contribution is 2.61. The van der Waals surface area contributed by atoms with Gasteiger partial charge in [0.2, 0.25) is 5.91 Å². The fourth-order valence-corrected chi connectivity index (χ4v) is 4.49. The number of aryl methyl sites for hydroxylation is 1. The zero-order chi connectivity index (χ0) is 18.1. The summed E-state index contributed by atoms with van der Waals surface area (Å²) in [5.41, 5.74) is 3.67. The summed E-state index contributed by atoms with van der Waals surface area (Å²) in [4.78, 5) is 23.9. The molecule has 4 rings (SSSR count). The summed E-state index contributed by atoms with van der Waals surface area (Å²) >= 11 is 0. The SMILES string of the molecule is O=C(O)CCC(NC(=O)C1CC12CCc1ccccc12)c1ccccc1. The molecule has 2 aromatic carbocycles. The smallest absolute Gasteiger partial charge is 0.303 e. The monoisotopic (exact) mass is 349 g/mol. The third-order valence-electron chi connectivity index (χ3n) is 5.95. The molecule has 4 nitrogen and oxygen atoms in total. The Bertz CT molecular complexity index is 832. The Balaban J connectivity index is 1.49. The topological polar surface area (TPSA) is 66.4 Å². The van der Waals surface area contributed by atoms with Crippen LogP contribution in [0.2, 0.25) is 0 Å². The van der Waals surface area contributed by atoms with Crippen LogP contribution < -0.4 is 5.32 Å². The molecule has 0 aromatic heterocycles. The molecule has 2 aliphatic rings. The molecular weight excluding hydrogens is 326 g/mol. The number of hydrogen-bond donors (Lipinski definition) is 2. The Morgan fingerprint density at radius 2 is 1.85 bits per heavy atom.